The van der Waals surface area contributed by atoms with Crippen LogP contribution < -0.4 is 0 Å². The van der Waals surface area contributed by atoms with E-state index < -0.39 is 0 Å². The van der Waals surface area contributed by atoms with Crippen LogP contribution in [0.2, 0.25) is 0 Å². The largest absolute Gasteiger partial charge is 0.507 e. The van der Waals surface area contributed by atoms with Gasteiger partial charge in [0, 0.05) is 5.56 Å². The molecule has 1 aromatic heterocycles. The first kappa shape index (κ1) is 13.3. The highest BCUT2D eigenvalue weighted by Crippen LogP contribution is 2.30. The van der Waals surface area contributed by atoms with Crippen molar-refractivity contribution in [1.82, 2.24) is 10.1 Å². The molecule has 0 unspecified atom stereocenters. The number of aromatic nitrogens is 2. The maximum Gasteiger partial charge on any atom is 0.261 e. The van der Waals surface area contributed by atoms with E-state index in [-0.39, 0.29) is 17.5 Å². The summed E-state index contributed by atoms with van der Waals surface area (Å²) in [5.41, 5.74) is 2.79. The van der Waals surface area contributed by atoms with Crippen molar-refractivity contribution in [1.29, 1.82) is 0 Å². The van der Waals surface area contributed by atoms with Crippen LogP contribution in [0.25, 0.3) is 22.8 Å². The van der Waals surface area contributed by atoms with E-state index in [1.807, 2.05) is 19.9 Å². The molecule has 0 saturated heterocycles. The number of rotatable bonds is 2. The Morgan fingerprint density at radius 3 is 2.62 bits per heavy atom. The van der Waals surface area contributed by atoms with E-state index in [4.69, 9.17) is 4.52 Å². The van der Waals surface area contributed by atoms with E-state index in [1.54, 1.807) is 18.2 Å². The molecule has 0 amide bonds. The molecule has 0 aliphatic rings. The summed E-state index contributed by atoms with van der Waals surface area (Å²) in [4.78, 5) is 4.24. The second-order valence-electron chi connectivity index (χ2n) is 4.90. The fraction of sp³-hybridized carbons (Fsp3) is 0.125. The quantitative estimate of drug-likeness (QED) is 0.776. The van der Waals surface area contributed by atoms with Gasteiger partial charge in [-0.1, -0.05) is 17.3 Å². The molecule has 21 heavy (non-hydrogen) atoms. The number of aromatic hydroxyl groups is 1. The Bertz CT molecular complexity index is 812. The fourth-order valence-electron chi connectivity index (χ4n) is 2.10. The van der Waals surface area contributed by atoms with Crippen molar-refractivity contribution in [3.8, 4) is 28.6 Å². The zero-order valence-electron chi connectivity index (χ0n) is 11.6. The standard InChI is InChI=1S/C16H13FN2O2/c1-9-3-6-12(14(20)7-9)16-18-15(19-21-16)13-8-11(17)5-4-10(13)2/h3-8,20H,1-2H3. The minimum atomic E-state index is -0.361. The van der Waals surface area contributed by atoms with Crippen LogP contribution >= 0.6 is 0 Å². The Labute approximate surface area is 120 Å². The highest BCUT2D eigenvalue weighted by atomic mass is 19.1. The van der Waals surface area contributed by atoms with Crippen LogP contribution in [0.3, 0.4) is 0 Å². The molecule has 0 saturated carbocycles. The van der Waals surface area contributed by atoms with E-state index >= 15 is 0 Å². The Hall–Kier alpha value is -2.69. The van der Waals surface area contributed by atoms with Crippen molar-refractivity contribution < 1.29 is 14.0 Å². The van der Waals surface area contributed by atoms with E-state index in [1.165, 1.54) is 12.1 Å². The average Bonchev–Trinajstić information content (AvgIpc) is 2.91. The second kappa shape index (κ2) is 5.01. The molecule has 0 spiro atoms. The fourth-order valence-corrected chi connectivity index (χ4v) is 2.10. The Morgan fingerprint density at radius 2 is 1.86 bits per heavy atom. The summed E-state index contributed by atoms with van der Waals surface area (Å²) in [6.45, 7) is 3.72. The summed E-state index contributed by atoms with van der Waals surface area (Å²) in [5.74, 6) is 0.203. The summed E-state index contributed by atoms with van der Waals surface area (Å²) >= 11 is 0. The Morgan fingerprint density at radius 1 is 1.05 bits per heavy atom. The van der Waals surface area contributed by atoms with Crippen LogP contribution in [0.1, 0.15) is 11.1 Å². The highest BCUT2D eigenvalue weighted by Gasteiger charge is 2.15. The van der Waals surface area contributed by atoms with Crippen molar-refractivity contribution in [3.05, 3.63) is 53.3 Å². The summed E-state index contributed by atoms with van der Waals surface area (Å²) in [6.07, 6.45) is 0. The van der Waals surface area contributed by atoms with E-state index in [0.29, 0.717) is 17.0 Å². The minimum absolute atomic E-state index is 0.0705. The summed E-state index contributed by atoms with van der Waals surface area (Å²) in [7, 11) is 0. The maximum absolute atomic E-state index is 13.3. The number of benzene rings is 2. The van der Waals surface area contributed by atoms with Gasteiger partial charge in [-0.15, -0.1) is 0 Å². The zero-order chi connectivity index (χ0) is 15.0. The third-order valence-corrected chi connectivity index (χ3v) is 3.25. The molecule has 3 rings (SSSR count). The molecule has 0 radical (unpaired) electrons. The molecule has 1 N–H and O–H groups in total. The van der Waals surface area contributed by atoms with E-state index in [9.17, 15) is 9.50 Å². The molecular weight excluding hydrogens is 271 g/mol. The van der Waals surface area contributed by atoms with Gasteiger partial charge < -0.3 is 9.63 Å². The first-order valence-electron chi connectivity index (χ1n) is 6.45. The van der Waals surface area contributed by atoms with Gasteiger partial charge in [0.15, 0.2) is 0 Å². The predicted molar refractivity (Wildman–Crippen MR) is 76.3 cm³/mol. The van der Waals surface area contributed by atoms with Crippen LogP contribution in [0.4, 0.5) is 4.39 Å². The third-order valence-electron chi connectivity index (χ3n) is 3.25. The monoisotopic (exact) mass is 284 g/mol. The van der Waals surface area contributed by atoms with Crippen LogP contribution in [0.5, 0.6) is 5.75 Å². The molecule has 106 valence electrons. The zero-order valence-corrected chi connectivity index (χ0v) is 11.6. The molecule has 0 fully saturated rings. The number of aryl methyl sites for hydroxylation is 2. The SMILES string of the molecule is Cc1ccc(-c2nc(-c3cc(F)ccc3C)no2)c(O)c1. The number of hydrogen-bond donors (Lipinski definition) is 1. The van der Waals surface area contributed by atoms with Crippen LogP contribution in [-0.4, -0.2) is 15.2 Å². The first-order chi connectivity index (χ1) is 10.0. The predicted octanol–water partition coefficient (Wildman–Crippen LogP) is 3.87. The number of nitrogens with zero attached hydrogens (tertiary/aromatic N) is 2. The van der Waals surface area contributed by atoms with Gasteiger partial charge in [0.05, 0.1) is 5.56 Å². The van der Waals surface area contributed by atoms with Gasteiger partial charge in [-0.25, -0.2) is 4.39 Å². The second-order valence-corrected chi connectivity index (χ2v) is 4.90. The van der Waals surface area contributed by atoms with Crippen LogP contribution in [0, 0.1) is 19.7 Å². The van der Waals surface area contributed by atoms with E-state index in [0.717, 1.165) is 11.1 Å². The molecule has 1 heterocycles. The lowest BCUT2D eigenvalue weighted by molar-refractivity contribution is 0.425. The summed E-state index contributed by atoms with van der Waals surface area (Å²) in [5, 5.41) is 13.8. The van der Waals surface area contributed by atoms with Gasteiger partial charge in [-0.3, -0.25) is 0 Å². The Balaban J connectivity index is 2.06. The lowest BCUT2D eigenvalue weighted by Crippen LogP contribution is -1.87. The number of halogens is 1. The molecule has 4 nitrogen and oxygen atoms in total. The molecule has 0 atom stereocenters. The highest BCUT2D eigenvalue weighted by molar-refractivity contribution is 5.66. The number of phenols is 1. The molecule has 2 aromatic carbocycles. The van der Waals surface area contributed by atoms with Crippen molar-refractivity contribution in [2.24, 2.45) is 0 Å². The number of hydrogen-bond acceptors (Lipinski definition) is 4. The first-order valence-corrected chi connectivity index (χ1v) is 6.45. The van der Waals surface area contributed by atoms with E-state index in [2.05, 4.69) is 10.1 Å². The van der Waals surface area contributed by atoms with Crippen molar-refractivity contribution >= 4 is 0 Å². The van der Waals surface area contributed by atoms with Gasteiger partial charge in [-0.2, -0.15) is 4.98 Å². The average molecular weight is 284 g/mol. The van der Waals surface area contributed by atoms with Crippen molar-refractivity contribution in [2.75, 3.05) is 0 Å². The molecule has 0 aliphatic carbocycles. The van der Waals surface area contributed by atoms with Gasteiger partial charge in [0.25, 0.3) is 5.89 Å². The molecule has 5 heteroatoms. The Kier molecular flexibility index (Phi) is 3.17. The molecular formula is C16H13FN2O2. The molecule has 3 aromatic rings. The molecule has 0 bridgehead atoms. The minimum Gasteiger partial charge on any atom is -0.507 e. The van der Waals surface area contributed by atoms with Gasteiger partial charge in [0.2, 0.25) is 5.82 Å². The topological polar surface area (TPSA) is 59.2 Å². The summed E-state index contributed by atoms with van der Waals surface area (Å²) < 4.78 is 18.5. The normalized spacial score (nSPS) is 10.8. The lowest BCUT2D eigenvalue weighted by Gasteiger charge is -2.01. The number of phenolic OH excluding ortho intramolecular Hbond substituents is 1. The third kappa shape index (κ3) is 2.50. The summed E-state index contributed by atoms with van der Waals surface area (Å²) in [6, 6.07) is 9.56. The van der Waals surface area contributed by atoms with Crippen LogP contribution in [-0.2, 0) is 0 Å². The lowest BCUT2D eigenvalue weighted by atomic mass is 10.1. The maximum atomic E-state index is 13.3. The van der Waals surface area contributed by atoms with Gasteiger partial charge in [0.1, 0.15) is 11.6 Å². The molecule has 0 aliphatic heterocycles. The van der Waals surface area contributed by atoms with Gasteiger partial charge in [-0.05, 0) is 49.2 Å². The van der Waals surface area contributed by atoms with Gasteiger partial charge >= 0.3 is 0 Å². The van der Waals surface area contributed by atoms with Crippen LogP contribution in [0.15, 0.2) is 40.9 Å². The van der Waals surface area contributed by atoms with Crippen molar-refractivity contribution in [2.45, 2.75) is 13.8 Å². The smallest absolute Gasteiger partial charge is 0.261 e. The van der Waals surface area contributed by atoms with Crippen molar-refractivity contribution in [3.63, 3.8) is 0 Å².